The first-order valence-electron chi connectivity index (χ1n) is 8.56. The Morgan fingerprint density at radius 1 is 1.40 bits per heavy atom. The molecule has 25 heavy (non-hydrogen) atoms. The molecule has 0 unspecified atom stereocenters. The molecule has 2 aromatic heterocycles. The Morgan fingerprint density at radius 3 is 3.00 bits per heavy atom. The summed E-state index contributed by atoms with van der Waals surface area (Å²) < 4.78 is 7.70. The average molecular weight is 458 g/mol. The number of ether oxygens (including phenoxy) is 1. The number of aromatic nitrogens is 3. The van der Waals surface area contributed by atoms with Crippen molar-refractivity contribution in [3.63, 3.8) is 0 Å². The van der Waals surface area contributed by atoms with Gasteiger partial charge in [0.2, 0.25) is 0 Å². The molecule has 2 heterocycles. The van der Waals surface area contributed by atoms with Gasteiger partial charge in [-0.2, -0.15) is 0 Å². The van der Waals surface area contributed by atoms with Gasteiger partial charge in [0.15, 0.2) is 11.6 Å². The normalized spacial score (nSPS) is 14.4. The van der Waals surface area contributed by atoms with E-state index >= 15 is 0 Å². The number of hydrogen-bond donors (Lipinski definition) is 1. The van der Waals surface area contributed by atoms with Crippen LogP contribution in [0.5, 0.6) is 0 Å². The Hall–Kier alpha value is -1.42. The predicted molar refractivity (Wildman–Crippen MR) is 110 cm³/mol. The van der Waals surface area contributed by atoms with Crippen molar-refractivity contribution in [2.24, 2.45) is 10.9 Å². The molecule has 0 aromatic carbocycles. The zero-order chi connectivity index (χ0) is 16.8. The molecule has 2 aromatic rings. The molecule has 8 heteroatoms. The van der Waals surface area contributed by atoms with E-state index in [4.69, 9.17) is 4.74 Å². The molecule has 1 fully saturated rings. The highest BCUT2D eigenvalue weighted by Crippen LogP contribution is 2.28. The number of halogens is 1. The minimum atomic E-state index is 0. The van der Waals surface area contributed by atoms with E-state index in [1.165, 1.54) is 12.8 Å². The molecule has 138 valence electrons. The lowest BCUT2D eigenvalue weighted by Crippen LogP contribution is -2.41. The lowest BCUT2D eigenvalue weighted by molar-refractivity contribution is 0.115. The van der Waals surface area contributed by atoms with Crippen LogP contribution in [-0.4, -0.2) is 65.9 Å². The molecule has 0 saturated heterocycles. The number of pyridine rings is 1. The van der Waals surface area contributed by atoms with Crippen LogP contribution in [0, 0.1) is 5.92 Å². The third kappa shape index (κ3) is 5.81. The summed E-state index contributed by atoms with van der Waals surface area (Å²) in [5.41, 5.74) is 0.877. The Bertz CT molecular complexity index is 685. The van der Waals surface area contributed by atoms with Crippen LogP contribution in [0.1, 0.15) is 18.7 Å². The van der Waals surface area contributed by atoms with E-state index in [1.54, 1.807) is 7.05 Å². The van der Waals surface area contributed by atoms with Crippen molar-refractivity contribution >= 4 is 35.6 Å². The molecule has 0 bridgehead atoms. The van der Waals surface area contributed by atoms with Gasteiger partial charge in [-0.3, -0.25) is 9.39 Å². The largest absolute Gasteiger partial charge is 0.379 e. The monoisotopic (exact) mass is 458 g/mol. The zero-order valence-corrected chi connectivity index (χ0v) is 17.2. The number of nitrogens with zero attached hydrogens (tertiary/aromatic N) is 5. The quantitative estimate of drug-likeness (QED) is 0.283. The van der Waals surface area contributed by atoms with Crippen LogP contribution >= 0.6 is 24.0 Å². The molecule has 1 aliphatic carbocycles. The number of aliphatic imine (C=N–C) groups is 1. The standard InChI is InChI=1S/C17H26N6O.HI/c1-18-17(22(2)11-12-24-13-14-6-7-14)19-9-8-16-21-20-15-5-3-4-10-23(15)16;/h3-5,10,14H,6-9,11-13H2,1-2H3,(H,18,19);1H. The second kappa shape index (κ2) is 9.91. The highest BCUT2D eigenvalue weighted by molar-refractivity contribution is 14.0. The van der Waals surface area contributed by atoms with Crippen LogP contribution in [0.2, 0.25) is 0 Å². The molecule has 3 rings (SSSR count). The summed E-state index contributed by atoms with van der Waals surface area (Å²) in [6, 6.07) is 5.91. The highest BCUT2D eigenvalue weighted by atomic mass is 127. The van der Waals surface area contributed by atoms with E-state index in [0.717, 1.165) is 56.1 Å². The molecular formula is C17H27IN6O. The van der Waals surface area contributed by atoms with Crippen LogP contribution in [-0.2, 0) is 11.2 Å². The second-order valence-electron chi connectivity index (χ2n) is 6.21. The van der Waals surface area contributed by atoms with Crippen LogP contribution < -0.4 is 5.32 Å². The van der Waals surface area contributed by atoms with Crippen LogP contribution in [0.25, 0.3) is 5.65 Å². The third-order valence-corrected chi connectivity index (χ3v) is 4.21. The molecule has 1 aliphatic rings. The SMILES string of the molecule is CN=C(NCCc1nnc2ccccn12)N(C)CCOCC1CC1.I. The summed E-state index contributed by atoms with van der Waals surface area (Å²) in [6.07, 6.45) is 5.44. The van der Waals surface area contributed by atoms with Crippen molar-refractivity contribution in [2.45, 2.75) is 19.3 Å². The number of hydrogen-bond acceptors (Lipinski definition) is 4. The van der Waals surface area contributed by atoms with Gasteiger partial charge >= 0.3 is 0 Å². The third-order valence-electron chi connectivity index (χ3n) is 4.21. The van der Waals surface area contributed by atoms with Gasteiger partial charge in [-0.1, -0.05) is 6.07 Å². The van der Waals surface area contributed by atoms with Crippen LogP contribution in [0.4, 0.5) is 0 Å². The van der Waals surface area contributed by atoms with Gasteiger partial charge in [0, 0.05) is 46.4 Å². The molecule has 0 spiro atoms. The fourth-order valence-corrected chi connectivity index (χ4v) is 2.57. The minimum absolute atomic E-state index is 0. The average Bonchev–Trinajstić information content (AvgIpc) is 3.35. The van der Waals surface area contributed by atoms with Crippen molar-refractivity contribution in [1.82, 2.24) is 24.8 Å². The van der Waals surface area contributed by atoms with Crippen LogP contribution in [0.3, 0.4) is 0 Å². The molecule has 0 radical (unpaired) electrons. The van der Waals surface area contributed by atoms with Gasteiger partial charge in [0.05, 0.1) is 6.61 Å². The lowest BCUT2D eigenvalue weighted by Gasteiger charge is -2.21. The number of nitrogens with one attached hydrogen (secondary N) is 1. The van der Waals surface area contributed by atoms with E-state index in [-0.39, 0.29) is 24.0 Å². The first kappa shape index (κ1) is 19.9. The van der Waals surface area contributed by atoms with Crippen molar-refractivity contribution in [3.05, 3.63) is 30.2 Å². The molecule has 0 atom stereocenters. The Labute approximate surface area is 165 Å². The fourth-order valence-electron chi connectivity index (χ4n) is 2.57. The van der Waals surface area contributed by atoms with E-state index in [9.17, 15) is 0 Å². The van der Waals surface area contributed by atoms with E-state index < -0.39 is 0 Å². The molecule has 0 aliphatic heterocycles. The maximum Gasteiger partial charge on any atom is 0.193 e. The maximum absolute atomic E-state index is 5.69. The van der Waals surface area contributed by atoms with Gasteiger partial charge < -0.3 is 15.0 Å². The minimum Gasteiger partial charge on any atom is -0.379 e. The van der Waals surface area contributed by atoms with E-state index in [1.807, 2.05) is 35.8 Å². The maximum atomic E-state index is 5.69. The van der Waals surface area contributed by atoms with Gasteiger partial charge in [-0.05, 0) is 30.9 Å². The number of rotatable bonds is 8. The lowest BCUT2D eigenvalue weighted by atomic mass is 10.4. The van der Waals surface area contributed by atoms with E-state index in [0.29, 0.717) is 0 Å². The first-order valence-corrected chi connectivity index (χ1v) is 8.56. The molecule has 0 amide bonds. The Morgan fingerprint density at radius 2 is 2.24 bits per heavy atom. The highest BCUT2D eigenvalue weighted by Gasteiger charge is 2.21. The van der Waals surface area contributed by atoms with Gasteiger partial charge in [0.1, 0.15) is 5.82 Å². The van der Waals surface area contributed by atoms with Crippen molar-refractivity contribution in [3.8, 4) is 0 Å². The van der Waals surface area contributed by atoms with Gasteiger partial charge in [-0.15, -0.1) is 34.2 Å². The smallest absolute Gasteiger partial charge is 0.193 e. The topological polar surface area (TPSA) is 67.0 Å². The Kier molecular flexibility index (Phi) is 7.89. The van der Waals surface area contributed by atoms with Gasteiger partial charge in [-0.25, -0.2) is 0 Å². The van der Waals surface area contributed by atoms with Gasteiger partial charge in [0.25, 0.3) is 0 Å². The van der Waals surface area contributed by atoms with Crippen molar-refractivity contribution in [2.75, 3.05) is 40.4 Å². The number of guanidine groups is 1. The summed E-state index contributed by atoms with van der Waals surface area (Å²) in [6.45, 7) is 3.23. The van der Waals surface area contributed by atoms with Crippen molar-refractivity contribution < 1.29 is 4.74 Å². The first-order chi connectivity index (χ1) is 11.8. The summed E-state index contributed by atoms with van der Waals surface area (Å²) in [5.74, 6) is 2.63. The van der Waals surface area contributed by atoms with Crippen LogP contribution in [0.15, 0.2) is 29.4 Å². The summed E-state index contributed by atoms with van der Waals surface area (Å²) in [4.78, 5) is 6.42. The fraction of sp³-hybridized carbons (Fsp3) is 0.588. The molecule has 1 N–H and O–H groups in total. The molecule has 1 saturated carbocycles. The predicted octanol–water partition coefficient (Wildman–Crippen LogP) is 1.82. The van der Waals surface area contributed by atoms with E-state index in [2.05, 4.69) is 25.4 Å². The second-order valence-corrected chi connectivity index (χ2v) is 6.21. The summed E-state index contributed by atoms with van der Waals surface area (Å²) >= 11 is 0. The summed E-state index contributed by atoms with van der Waals surface area (Å²) in [7, 11) is 3.83. The zero-order valence-electron chi connectivity index (χ0n) is 14.9. The number of fused-ring (bicyclic) bond motifs is 1. The molecular weight excluding hydrogens is 431 g/mol. The molecule has 7 nitrogen and oxygen atoms in total. The van der Waals surface area contributed by atoms with Crippen molar-refractivity contribution in [1.29, 1.82) is 0 Å². The summed E-state index contributed by atoms with van der Waals surface area (Å²) in [5, 5.41) is 11.8. The Balaban J connectivity index is 0.00000225. The number of likely N-dealkylation sites (N-methyl/N-ethyl adjacent to an activating group) is 1.